The number of carbonyl (C=O) groups excluding carboxylic acids is 1. The first-order valence-corrected chi connectivity index (χ1v) is 6.77. The molecule has 2 N–H and O–H groups in total. The fraction of sp³-hybridized carbons (Fsp3) is 0.538. The predicted octanol–water partition coefficient (Wildman–Crippen LogP) is 0.324. The van der Waals surface area contributed by atoms with Crippen LogP contribution in [0.2, 0.25) is 0 Å². The van der Waals surface area contributed by atoms with Gasteiger partial charge in [-0.2, -0.15) is 10.1 Å². The first kappa shape index (κ1) is 13.0. The quantitative estimate of drug-likeness (QED) is 0.841. The summed E-state index contributed by atoms with van der Waals surface area (Å²) in [6, 6.07) is 0.0401. The minimum Gasteiger partial charge on any atom is -0.396 e. The molecule has 0 aromatic carbocycles. The van der Waals surface area contributed by atoms with Crippen LogP contribution in [0.25, 0.3) is 5.78 Å². The molecule has 1 saturated carbocycles. The van der Waals surface area contributed by atoms with E-state index in [1.807, 2.05) is 6.92 Å². The minimum absolute atomic E-state index is 0.0401. The third-order valence-electron chi connectivity index (χ3n) is 4.00. The van der Waals surface area contributed by atoms with Crippen molar-refractivity contribution < 1.29 is 9.90 Å². The molecule has 3 rings (SSSR count). The molecule has 1 fully saturated rings. The molecule has 106 valence electrons. The van der Waals surface area contributed by atoms with Gasteiger partial charge in [0.05, 0.1) is 11.3 Å². The van der Waals surface area contributed by atoms with Crippen LogP contribution in [0.15, 0.2) is 12.5 Å². The molecule has 0 radical (unpaired) electrons. The molecule has 2 aromatic heterocycles. The number of rotatable bonds is 3. The van der Waals surface area contributed by atoms with E-state index in [2.05, 4.69) is 20.4 Å². The lowest BCUT2D eigenvalue weighted by Gasteiger charge is -2.19. The Labute approximate surface area is 116 Å². The highest BCUT2D eigenvalue weighted by molar-refractivity contribution is 5.95. The largest absolute Gasteiger partial charge is 0.396 e. The van der Waals surface area contributed by atoms with Gasteiger partial charge < -0.3 is 10.4 Å². The second-order valence-electron chi connectivity index (χ2n) is 5.18. The molecule has 0 saturated heterocycles. The van der Waals surface area contributed by atoms with Crippen LogP contribution < -0.4 is 5.32 Å². The average molecular weight is 275 g/mol. The Hall–Kier alpha value is -2.02. The van der Waals surface area contributed by atoms with E-state index in [0.29, 0.717) is 17.0 Å². The molecule has 1 aliphatic carbocycles. The fourth-order valence-corrected chi connectivity index (χ4v) is 2.80. The maximum Gasteiger partial charge on any atom is 0.254 e. The van der Waals surface area contributed by atoms with Crippen molar-refractivity contribution in [2.24, 2.45) is 5.92 Å². The number of fused-ring (bicyclic) bond motifs is 1. The second kappa shape index (κ2) is 5.16. The van der Waals surface area contributed by atoms with Gasteiger partial charge in [-0.15, -0.1) is 0 Å². The van der Waals surface area contributed by atoms with Gasteiger partial charge in [-0.3, -0.25) is 4.79 Å². The Bertz CT molecular complexity index is 639. The highest BCUT2D eigenvalue weighted by Gasteiger charge is 2.28. The van der Waals surface area contributed by atoms with Crippen molar-refractivity contribution >= 4 is 11.7 Å². The first-order valence-electron chi connectivity index (χ1n) is 6.77. The molecule has 2 unspecified atom stereocenters. The highest BCUT2D eigenvalue weighted by Crippen LogP contribution is 2.25. The predicted molar refractivity (Wildman–Crippen MR) is 71.2 cm³/mol. The molecule has 20 heavy (non-hydrogen) atoms. The first-order chi connectivity index (χ1) is 9.70. The molecule has 1 aliphatic rings. The van der Waals surface area contributed by atoms with E-state index in [-0.39, 0.29) is 24.5 Å². The maximum absolute atomic E-state index is 12.4. The second-order valence-corrected chi connectivity index (χ2v) is 5.18. The van der Waals surface area contributed by atoms with Gasteiger partial charge >= 0.3 is 0 Å². The lowest BCUT2D eigenvalue weighted by molar-refractivity contribution is 0.0914. The monoisotopic (exact) mass is 275 g/mol. The van der Waals surface area contributed by atoms with Crippen LogP contribution in [0, 0.1) is 12.8 Å². The fourth-order valence-electron chi connectivity index (χ4n) is 2.80. The number of aryl methyl sites for hydroxylation is 1. The van der Waals surface area contributed by atoms with Gasteiger partial charge in [0.1, 0.15) is 6.33 Å². The molecule has 0 aliphatic heterocycles. The molecule has 2 atom stereocenters. The van der Waals surface area contributed by atoms with Gasteiger partial charge in [-0.1, -0.05) is 6.42 Å². The van der Waals surface area contributed by atoms with Crippen molar-refractivity contribution in [3.05, 3.63) is 23.8 Å². The topological polar surface area (TPSA) is 92.4 Å². The number of aliphatic hydroxyl groups excluding tert-OH is 1. The van der Waals surface area contributed by atoms with E-state index in [1.165, 1.54) is 12.5 Å². The van der Waals surface area contributed by atoms with E-state index < -0.39 is 0 Å². The number of nitrogens with one attached hydrogen (secondary N) is 1. The molecule has 7 heteroatoms. The molecule has 0 spiro atoms. The molecule has 1 amide bonds. The summed E-state index contributed by atoms with van der Waals surface area (Å²) in [5.74, 6) is 0.466. The molecule has 2 heterocycles. The summed E-state index contributed by atoms with van der Waals surface area (Å²) in [7, 11) is 0. The van der Waals surface area contributed by atoms with Gasteiger partial charge in [-0.25, -0.2) is 9.50 Å². The smallest absolute Gasteiger partial charge is 0.254 e. The lowest BCUT2D eigenvalue weighted by Crippen LogP contribution is -2.39. The van der Waals surface area contributed by atoms with Gasteiger partial charge in [-0.05, 0) is 19.8 Å². The van der Waals surface area contributed by atoms with Crippen molar-refractivity contribution in [1.82, 2.24) is 24.9 Å². The molecular weight excluding hydrogens is 258 g/mol. The van der Waals surface area contributed by atoms with Gasteiger partial charge in [0.2, 0.25) is 0 Å². The maximum atomic E-state index is 12.4. The number of hydrogen-bond acceptors (Lipinski definition) is 5. The summed E-state index contributed by atoms with van der Waals surface area (Å²) in [5.41, 5.74) is 1.20. The van der Waals surface area contributed by atoms with Crippen molar-refractivity contribution in [3.8, 4) is 0 Å². The third-order valence-corrected chi connectivity index (χ3v) is 4.00. The van der Waals surface area contributed by atoms with Crippen LogP contribution in [0.3, 0.4) is 0 Å². The van der Waals surface area contributed by atoms with Crippen LogP contribution in [0.5, 0.6) is 0 Å². The zero-order valence-electron chi connectivity index (χ0n) is 11.3. The number of aliphatic hydroxyl groups is 1. The summed E-state index contributed by atoms with van der Waals surface area (Å²) in [6.07, 6.45) is 5.85. The van der Waals surface area contributed by atoms with Crippen LogP contribution in [-0.4, -0.2) is 43.2 Å². The van der Waals surface area contributed by atoms with E-state index in [4.69, 9.17) is 0 Å². The van der Waals surface area contributed by atoms with E-state index in [0.717, 1.165) is 19.3 Å². The Kier molecular flexibility index (Phi) is 3.35. The highest BCUT2D eigenvalue weighted by atomic mass is 16.3. The summed E-state index contributed by atoms with van der Waals surface area (Å²) in [6.45, 7) is 1.93. The van der Waals surface area contributed by atoms with E-state index in [1.54, 1.807) is 4.52 Å². The standard InChI is InChI=1S/C13H17N5O2/c1-8-10(5-14-13-15-7-16-18(8)13)12(20)17-11-4-2-3-9(11)6-19/h5,7,9,11,19H,2-4,6H2,1H3,(H,17,20). The van der Waals surface area contributed by atoms with E-state index in [9.17, 15) is 9.90 Å². The Morgan fingerprint density at radius 1 is 1.50 bits per heavy atom. The van der Waals surface area contributed by atoms with Crippen LogP contribution in [-0.2, 0) is 0 Å². The summed E-state index contributed by atoms with van der Waals surface area (Å²) in [4.78, 5) is 20.5. The van der Waals surface area contributed by atoms with Crippen molar-refractivity contribution in [1.29, 1.82) is 0 Å². The summed E-state index contributed by atoms with van der Waals surface area (Å²) < 4.78 is 1.55. The number of carbonyl (C=O) groups is 1. The molecular formula is C13H17N5O2. The van der Waals surface area contributed by atoms with Gasteiger partial charge in [0, 0.05) is 24.8 Å². The molecule has 2 aromatic rings. The lowest BCUT2D eigenvalue weighted by atomic mass is 10.0. The number of amides is 1. The van der Waals surface area contributed by atoms with Gasteiger partial charge in [0.25, 0.3) is 11.7 Å². The van der Waals surface area contributed by atoms with E-state index >= 15 is 0 Å². The van der Waals surface area contributed by atoms with Crippen LogP contribution >= 0.6 is 0 Å². The normalized spacial score (nSPS) is 22.3. The number of nitrogens with zero attached hydrogens (tertiary/aromatic N) is 4. The Morgan fingerprint density at radius 3 is 3.15 bits per heavy atom. The van der Waals surface area contributed by atoms with Crippen LogP contribution in [0.4, 0.5) is 0 Å². The van der Waals surface area contributed by atoms with Crippen molar-refractivity contribution in [2.45, 2.75) is 32.2 Å². The molecule has 0 bridgehead atoms. The third kappa shape index (κ3) is 2.14. The zero-order valence-corrected chi connectivity index (χ0v) is 11.3. The Morgan fingerprint density at radius 2 is 2.35 bits per heavy atom. The van der Waals surface area contributed by atoms with Crippen molar-refractivity contribution in [2.75, 3.05) is 6.61 Å². The minimum atomic E-state index is -0.169. The Balaban J connectivity index is 1.83. The zero-order chi connectivity index (χ0) is 14.1. The van der Waals surface area contributed by atoms with Crippen LogP contribution in [0.1, 0.15) is 35.3 Å². The van der Waals surface area contributed by atoms with Gasteiger partial charge in [0.15, 0.2) is 0 Å². The van der Waals surface area contributed by atoms with Crippen molar-refractivity contribution in [3.63, 3.8) is 0 Å². The number of aromatic nitrogens is 4. The average Bonchev–Trinajstić information content (AvgIpc) is 3.07. The SMILES string of the molecule is Cc1c(C(=O)NC2CCCC2CO)cnc2ncnn12. The number of hydrogen-bond donors (Lipinski definition) is 2. The summed E-state index contributed by atoms with van der Waals surface area (Å²) >= 11 is 0. The summed E-state index contributed by atoms with van der Waals surface area (Å²) in [5, 5.41) is 16.3. The molecule has 7 nitrogen and oxygen atoms in total.